The number of hydrogen-bond donors (Lipinski definition) is 0. The topological polar surface area (TPSA) is 91.4 Å². The van der Waals surface area contributed by atoms with Gasteiger partial charge in [-0.05, 0) is 36.3 Å². The van der Waals surface area contributed by atoms with Crippen molar-refractivity contribution in [3.63, 3.8) is 0 Å². The highest BCUT2D eigenvalue weighted by Crippen LogP contribution is 2.12. The van der Waals surface area contributed by atoms with E-state index < -0.39 is 11.2 Å². The molecular weight excluding hydrogens is 440 g/mol. The molecular formula is C23H32N6O3S. The molecule has 1 fully saturated rings. The maximum absolute atomic E-state index is 12.8. The van der Waals surface area contributed by atoms with E-state index in [1.807, 2.05) is 30.3 Å². The molecule has 0 radical (unpaired) electrons. The van der Waals surface area contributed by atoms with E-state index in [9.17, 15) is 14.1 Å². The molecule has 0 bridgehead atoms. The standard InChI is InChI=1S/C23H32N6O3S/c1-25-18-24-21-20(25)22(30)29(23(31)26(21)2)12-6-10-27-13-15-28(16-14-27)11-7-17-33(32)19-8-4-3-5-9-19/h3-5,8-9,18H,6-7,10-17H2,1-2H3. The van der Waals surface area contributed by atoms with Crippen molar-refractivity contribution in [1.82, 2.24) is 28.5 Å². The summed E-state index contributed by atoms with van der Waals surface area (Å²) in [7, 11) is 3.42. The molecule has 0 saturated carbocycles. The largest absolute Gasteiger partial charge is 0.611 e. The maximum atomic E-state index is 12.8. The number of imidazole rings is 1. The molecule has 1 aliphatic heterocycles. The summed E-state index contributed by atoms with van der Waals surface area (Å²) in [6, 6.07) is 9.65. The number of fused-ring (bicyclic) bond motifs is 1. The average molecular weight is 473 g/mol. The third-order valence-corrected chi connectivity index (χ3v) is 7.79. The van der Waals surface area contributed by atoms with Crippen molar-refractivity contribution < 1.29 is 4.55 Å². The second-order valence-electron chi connectivity index (χ2n) is 8.58. The van der Waals surface area contributed by atoms with Crippen molar-refractivity contribution in [3.05, 3.63) is 57.5 Å². The van der Waals surface area contributed by atoms with Gasteiger partial charge in [-0.2, -0.15) is 0 Å². The Morgan fingerprint density at radius 1 is 0.939 bits per heavy atom. The summed E-state index contributed by atoms with van der Waals surface area (Å²) >= 11 is -0.928. The zero-order valence-electron chi connectivity index (χ0n) is 19.4. The van der Waals surface area contributed by atoms with E-state index in [-0.39, 0.29) is 11.2 Å². The number of aryl methyl sites for hydroxylation is 2. The lowest BCUT2D eigenvalue weighted by Crippen LogP contribution is -2.47. The maximum Gasteiger partial charge on any atom is 0.332 e. The summed E-state index contributed by atoms with van der Waals surface area (Å²) in [4.78, 5) is 35.3. The van der Waals surface area contributed by atoms with Crippen LogP contribution in [-0.4, -0.2) is 78.1 Å². The SMILES string of the molecule is Cn1cnc2c1c(=O)n(CCCN1CCN(CCC[S+]([O-])c3ccccc3)CC1)c(=O)n2C. The van der Waals surface area contributed by atoms with Crippen molar-refractivity contribution in [3.8, 4) is 0 Å². The zero-order chi connectivity index (χ0) is 23.4. The van der Waals surface area contributed by atoms with Crippen LogP contribution in [0.4, 0.5) is 0 Å². The lowest BCUT2D eigenvalue weighted by Gasteiger charge is -2.34. The third kappa shape index (κ3) is 5.40. The zero-order valence-corrected chi connectivity index (χ0v) is 20.2. The molecule has 3 aromatic rings. The van der Waals surface area contributed by atoms with Gasteiger partial charge in [0.15, 0.2) is 16.1 Å². The molecule has 2 aromatic heterocycles. The van der Waals surface area contributed by atoms with Crippen molar-refractivity contribution >= 4 is 22.3 Å². The minimum Gasteiger partial charge on any atom is -0.611 e. The Morgan fingerprint density at radius 2 is 1.58 bits per heavy atom. The predicted molar refractivity (Wildman–Crippen MR) is 130 cm³/mol. The van der Waals surface area contributed by atoms with Gasteiger partial charge in [0.2, 0.25) is 0 Å². The van der Waals surface area contributed by atoms with Crippen LogP contribution >= 0.6 is 0 Å². The molecule has 1 atom stereocenters. The summed E-state index contributed by atoms with van der Waals surface area (Å²) in [6.07, 6.45) is 3.23. The average Bonchev–Trinajstić information content (AvgIpc) is 3.23. The first-order valence-electron chi connectivity index (χ1n) is 11.4. The van der Waals surface area contributed by atoms with Crippen LogP contribution in [-0.2, 0) is 31.8 Å². The van der Waals surface area contributed by atoms with Gasteiger partial charge < -0.3 is 18.9 Å². The Balaban J connectivity index is 1.21. The highest BCUT2D eigenvalue weighted by atomic mass is 32.2. The molecule has 4 rings (SSSR count). The van der Waals surface area contributed by atoms with Gasteiger partial charge in [0.25, 0.3) is 5.56 Å². The van der Waals surface area contributed by atoms with Crippen molar-refractivity contribution in [2.45, 2.75) is 24.3 Å². The minimum absolute atomic E-state index is 0.272. The number of hydrogen-bond acceptors (Lipinski definition) is 6. The molecule has 0 amide bonds. The molecule has 0 aliphatic carbocycles. The fraction of sp³-hybridized carbons (Fsp3) is 0.522. The fourth-order valence-electron chi connectivity index (χ4n) is 4.39. The molecule has 1 aliphatic rings. The van der Waals surface area contributed by atoms with Crippen LogP contribution in [0.1, 0.15) is 12.8 Å². The smallest absolute Gasteiger partial charge is 0.332 e. The van der Waals surface area contributed by atoms with Crippen molar-refractivity contribution in [1.29, 1.82) is 0 Å². The van der Waals surface area contributed by atoms with E-state index in [1.54, 1.807) is 25.0 Å². The molecule has 10 heteroatoms. The molecule has 33 heavy (non-hydrogen) atoms. The Morgan fingerprint density at radius 3 is 2.24 bits per heavy atom. The van der Waals surface area contributed by atoms with Gasteiger partial charge in [-0.15, -0.1) is 0 Å². The van der Waals surface area contributed by atoms with Crippen LogP contribution in [0.3, 0.4) is 0 Å². The van der Waals surface area contributed by atoms with E-state index in [0.717, 1.165) is 57.0 Å². The second-order valence-corrected chi connectivity index (χ2v) is 10.1. The molecule has 0 N–H and O–H groups in total. The van der Waals surface area contributed by atoms with E-state index >= 15 is 0 Å². The second kappa shape index (κ2) is 10.7. The van der Waals surface area contributed by atoms with Gasteiger partial charge in [-0.3, -0.25) is 13.9 Å². The monoisotopic (exact) mass is 472 g/mol. The van der Waals surface area contributed by atoms with E-state index in [2.05, 4.69) is 14.8 Å². The normalized spacial score (nSPS) is 16.5. The van der Waals surface area contributed by atoms with Gasteiger partial charge in [0.1, 0.15) is 5.75 Å². The number of aromatic nitrogens is 4. The highest BCUT2D eigenvalue weighted by Gasteiger charge is 2.19. The van der Waals surface area contributed by atoms with Crippen molar-refractivity contribution in [2.75, 3.05) is 45.0 Å². The summed E-state index contributed by atoms with van der Waals surface area (Å²) in [5, 5.41) is 0. The Labute approximate surface area is 196 Å². The summed E-state index contributed by atoms with van der Waals surface area (Å²) in [5.74, 6) is 0.689. The fourth-order valence-corrected chi connectivity index (χ4v) is 5.48. The summed E-state index contributed by atoms with van der Waals surface area (Å²) in [6.45, 7) is 6.12. The van der Waals surface area contributed by atoms with Crippen LogP contribution in [0.15, 0.2) is 51.1 Å². The lowest BCUT2D eigenvalue weighted by atomic mass is 10.2. The Bertz CT molecular complexity index is 1180. The van der Waals surface area contributed by atoms with Crippen LogP contribution in [0.2, 0.25) is 0 Å². The van der Waals surface area contributed by atoms with E-state index in [0.29, 0.717) is 23.5 Å². The molecule has 3 heterocycles. The molecule has 0 spiro atoms. The highest BCUT2D eigenvalue weighted by molar-refractivity contribution is 7.91. The number of piperazine rings is 1. The van der Waals surface area contributed by atoms with Gasteiger partial charge in [0.05, 0.1) is 6.33 Å². The quantitative estimate of drug-likeness (QED) is 0.425. The van der Waals surface area contributed by atoms with Crippen molar-refractivity contribution in [2.24, 2.45) is 14.1 Å². The van der Waals surface area contributed by atoms with Crippen LogP contribution in [0.25, 0.3) is 11.2 Å². The number of rotatable bonds is 9. The van der Waals surface area contributed by atoms with Gasteiger partial charge in [-0.25, -0.2) is 9.78 Å². The van der Waals surface area contributed by atoms with Crippen LogP contribution in [0.5, 0.6) is 0 Å². The molecule has 1 aromatic carbocycles. The summed E-state index contributed by atoms with van der Waals surface area (Å²) in [5.41, 5.74) is 0.293. The Kier molecular flexibility index (Phi) is 7.69. The third-order valence-electron chi connectivity index (χ3n) is 6.33. The first kappa shape index (κ1) is 23.7. The number of nitrogens with zero attached hydrogens (tertiary/aromatic N) is 6. The predicted octanol–water partition coefficient (Wildman–Crippen LogP) is 0.639. The minimum atomic E-state index is -0.928. The van der Waals surface area contributed by atoms with Gasteiger partial charge in [-0.1, -0.05) is 18.2 Å². The van der Waals surface area contributed by atoms with Crippen LogP contribution in [0, 0.1) is 0 Å². The molecule has 178 valence electrons. The van der Waals surface area contributed by atoms with E-state index in [1.165, 1.54) is 9.13 Å². The summed E-state index contributed by atoms with van der Waals surface area (Å²) < 4.78 is 16.8. The lowest BCUT2D eigenvalue weighted by molar-refractivity contribution is 0.130. The molecule has 1 unspecified atom stereocenters. The molecule has 1 saturated heterocycles. The Hall–Kier alpha value is -2.40. The first-order valence-corrected chi connectivity index (χ1v) is 12.8. The number of benzene rings is 1. The van der Waals surface area contributed by atoms with Crippen LogP contribution < -0.4 is 11.2 Å². The molecule has 9 nitrogen and oxygen atoms in total. The van der Waals surface area contributed by atoms with Gasteiger partial charge >= 0.3 is 5.69 Å². The van der Waals surface area contributed by atoms with E-state index in [4.69, 9.17) is 0 Å². The first-order chi connectivity index (χ1) is 16.0. The van der Waals surface area contributed by atoms with Gasteiger partial charge in [0, 0.05) is 59.8 Å².